The summed E-state index contributed by atoms with van der Waals surface area (Å²) in [4.78, 5) is 11.1. The number of hydrogen-bond donors (Lipinski definition) is 1. The number of rotatable bonds is 2. The van der Waals surface area contributed by atoms with Gasteiger partial charge in [0, 0.05) is 25.1 Å². The Kier molecular flexibility index (Phi) is 6.51. The fraction of sp³-hybridized carbons (Fsp3) is 0.500. The van der Waals surface area contributed by atoms with E-state index < -0.39 is 0 Å². The number of ether oxygens (including phenoxy) is 1. The summed E-state index contributed by atoms with van der Waals surface area (Å²) in [6, 6.07) is 7.67. The summed E-state index contributed by atoms with van der Waals surface area (Å²) in [5.74, 6) is 0.213. The average Bonchev–Trinajstić information content (AvgIpc) is 2.41. The Balaban J connectivity index is 0.000000202. The SMILES string of the molecule is C1COCCN1.CCC(=O)c1ccc(C)cc1. The number of hydrogen-bond acceptors (Lipinski definition) is 3. The van der Waals surface area contributed by atoms with Gasteiger partial charge in [0.2, 0.25) is 0 Å². The van der Waals surface area contributed by atoms with Crippen molar-refractivity contribution in [2.75, 3.05) is 26.3 Å². The summed E-state index contributed by atoms with van der Waals surface area (Å²) in [5, 5.41) is 3.16. The molecule has 1 aliphatic heterocycles. The quantitative estimate of drug-likeness (QED) is 0.799. The summed E-state index contributed by atoms with van der Waals surface area (Å²) < 4.78 is 5.01. The Morgan fingerprint density at radius 2 is 1.82 bits per heavy atom. The van der Waals surface area contributed by atoms with E-state index in [1.165, 1.54) is 5.56 Å². The van der Waals surface area contributed by atoms with Gasteiger partial charge in [-0.05, 0) is 6.92 Å². The molecule has 2 rings (SSSR count). The molecule has 0 radical (unpaired) electrons. The van der Waals surface area contributed by atoms with Crippen molar-refractivity contribution in [2.24, 2.45) is 0 Å². The van der Waals surface area contributed by atoms with Gasteiger partial charge in [0.05, 0.1) is 13.2 Å². The van der Waals surface area contributed by atoms with Crippen molar-refractivity contribution in [1.82, 2.24) is 5.32 Å². The molecule has 0 aromatic heterocycles. The van der Waals surface area contributed by atoms with Crippen molar-refractivity contribution in [3.63, 3.8) is 0 Å². The molecular formula is C14H21NO2. The van der Waals surface area contributed by atoms with Crippen LogP contribution in [0.15, 0.2) is 24.3 Å². The van der Waals surface area contributed by atoms with Gasteiger partial charge < -0.3 is 10.1 Å². The molecule has 0 saturated carbocycles. The van der Waals surface area contributed by atoms with Crippen LogP contribution in [0.25, 0.3) is 0 Å². The summed E-state index contributed by atoms with van der Waals surface area (Å²) in [5.41, 5.74) is 2.01. The van der Waals surface area contributed by atoms with Crippen LogP contribution in [0.3, 0.4) is 0 Å². The second kappa shape index (κ2) is 7.98. The minimum atomic E-state index is 0.213. The third-order valence-corrected chi connectivity index (χ3v) is 2.54. The second-order valence-corrected chi connectivity index (χ2v) is 4.01. The fourth-order valence-electron chi connectivity index (χ4n) is 1.46. The molecule has 0 atom stereocenters. The van der Waals surface area contributed by atoms with E-state index in [-0.39, 0.29) is 5.78 Å². The molecule has 0 unspecified atom stereocenters. The minimum Gasteiger partial charge on any atom is -0.379 e. The van der Waals surface area contributed by atoms with Crippen LogP contribution in [-0.2, 0) is 4.74 Å². The molecule has 1 aromatic rings. The second-order valence-electron chi connectivity index (χ2n) is 4.01. The molecule has 0 bridgehead atoms. The van der Waals surface area contributed by atoms with Crippen molar-refractivity contribution in [2.45, 2.75) is 20.3 Å². The molecular weight excluding hydrogens is 214 g/mol. The van der Waals surface area contributed by atoms with Gasteiger partial charge in [0.25, 0.3) is 0 Å². The number of benzene rings is 1. The van der Waals surface area contributed by atoms with Crippen LogP contribution >= 0.6 is 0 Å². The van der Waals surface area contributed by atoms with Crippen LogP contribution in [0.1, 0.15) is 29.3 Å². The third kappa shape index (κ3) is 5.61. The van der Waals surface area contributed by atoms with Crippen LogP contribution in [-0.4, -0.2) is 32.1 Å². The first-order valence-electron chi connectivity index (χ1n) is 6.12. The molecule has 3 heteroatoms. The lowest BCUT2D eigenvalue weighted by molar-refractivity contribution is 0.0988. The lowest BCUT2D eigenvalue weighted by Gasteiger charge is -2.10. The first-order valence-corrected chi connectivity index (χ1v) is 6.12. The molecule has 0 aliphatic carbocycles. The van der Waals surface area contributed by atoms with Crippen LogP contribution in [0.2, 0.25) is 0 Å². The van der Waals surface area contributed by atoms with E-state index in [1.807, 2.05) is 38.1 Å². The van der Waals surface area contributed by atoms with E-state index in [9.17, 15) is 4.79 Å². The predicted molar refractivity (Wildman–Crippen MR) is 69.5 cm³/mol. The number of carbonyl (C=O) groups is 1. The number of aryl methyl sites for hydroxylation is 1. The molecule has 1 saturated heterocycles. The maximum atomic E-state index is 11.1. The first-order chi connectivity index (χ1) is 8.24. The Bertz CT molecular complexity index is 317. The lowest BCUT2D eigenvalue weighted by atomic mass is 10.1. The highest BCUT2D eigenvalue weighted by Gasteiger charge is 1.99. The van der Waals surface area contributed by atoms with Crippen LogP contribution in [0, 0.1) is 6.92 Å². The monoisotopic (exact) mass is 235 g/mol. The zero-order chi connectivity index (χ0) is 12.5. The average molecular weight is 235 g/mol. The van der Waals surface area contributed by atoms with Crippen LogP contribution in [0.4, 0.5) is 0 Å². The molecule has 0 spiro atoms. The van der Waals surface area contributed by atoms with Crippen molar-refractivity contribution >= 4 is 5.78 Å². The fourth-order valence-corrected chi connectivity index (χ4v) is 1.46. The van der Waals surface area contributed by atoms with E-state index in [4.69, 9.17) is 4.74 Å². The van der Waals surface area contributed by atoms with Crippen LogP contribution in [0.5, 0.6) is 0 Å². The zero-order valence-corrected chi connectivity index (χ0v) is 10.7. The highest BCUT2D eigenvalue weighted by Crippen LogP contribution is 2.05. The van der Waals surface area contributed by atoms with Gasteiger partial charge in [-0.1, -0.05) is 36.8 Å². The predicted octanol–water partition coefficient (Wildman–Crippen LogP) is 2.19. The zero-order valence-electron chi connectivity index (χ0n) is 10.7. The number of ketones is 1. The van der Waals surface area contributed by atoms with E-state index in [2.05, 4.69) is 5.32 Å². The maximum Gasteiger partial charge on any atom is 0.162 e. The summed E-state index contributed by atoms with van der Waals surface area (Å²) in [7, 11) is 0. The number of nitrogens with one attached hydrogen (secondary N) is 1. The maximum absolute atomic E-state index is 11.1. The van der Waals surface area contributed by atoms with Crippen molar-refractivity contribution in [1.29, 1.82) is 0 Å². The highest BCUT2D eigenvalue weighted by molar-refractivity contribution is 5.95. The number of morpholine rings is 1. The molecule has 3 nitrogen and oxygen atoms in total. The van der Waals surface area contributed by atoms with Gasteiger partial charge in [-0.3, -0.25) is 4.79 Å². The smallest absolute Gasteiger partial charge is 0.162 e. The Labute approximate surface area is 103 Å². The van der Waals surface area contributed by atoms with E-state index in [0.29, 0.717) is 6.42 Å². The number of carbonyl (C=O) groups excluding carboxylic acids is 1. The largest absolute Gasteiger partial charge is 0.379 e. The van der Waals surface area contributed by atoms with Crippen LogP contribution < -0.4 is 5.32 Å². The topological polar surface area (TPSA) is 38.3 Å². The Morgan fingerprint density at radius 3 is 2.18 bits per heavy atom. The van der Waals surface area contributed by atoms with Crippen molar-refractivity contribution in [3.8, 4) is 0 Å². The van der Waals surface area contributed by atoms with Crippen molar-refractivity contribution < 1.29 is 9.53 Å². The van der Waals surface area contributed by atoms with Gasteiger partial charge in [0.15, 0.2) is 5.78 Å². The van der Waals surface area contributed by atoms with E-state index in [1.54, 1.807) is 0 Å². The summed E-state index contributed by atoms with van der Waals surface area (Å²) in [6.07, 6.45) is 0.586. The van der Waals surface area contributed by atoms with Gasteiger partial charge >= 0.3 is 0 Å². The molecule has 0 amide bonds. The minimum absolute atomic E-state index is 0.213. The lowest BCUT2D eigenvalue weighted by Crippen LogP contribution is -2.30. The normalized spacial score (nSPS) is 14.7. The molecule has 1 aliphatic rings. The molecule has 17 heavy (non-hydrogen) atoms. The van der Waals surface area contributed by atoms with E-state index in [0.717, 1.165) is 31.9 Å². The summed E-state index contributed by atoms with van der Waals surface area (Å²) >= 11 is 0. The Morgan fingerprint density at radius 1 is 1.24 bits per heavy atom. The van der Waals surface area contributed by atoms with Crippen molar-refractivity contribution in [3.05, 3.63) is 35.4 Å². The molecule has 94 valence electrons. The van der Waals surface area contributed by atoms with Gasteiger partial charge in [0.1, 0.15) is 0 Å². The molecule has 1 fully saturated rings. The van der Waals surface area contributed by atoms with Gasteiger partial charge in [-0.25, -0.2) is 0 Å². The highest BCUT2D eigenvalue weighted by atomic mass is 16.5. The molecule has 1 aromatic carbocycles. The van der Waals surface area contributed by atoms with E-state index >= 15 is 0 Å². The molecule has 1 N–H and O–H groups in total. The van der Waals surface area contributed by atoms with Gasteiger partial charge in [-0.15, -0.1) is 0 Å². The third-order valence-electron chi connectivity index (χ3n) is 2.54. The van der Waals surface area contributed by atoms with Gasteiger partial charge in [-0.2, -0.15) is 0 Å². The Hall–Kier alpha value is -1.19. The standard InChI is InChI=1S/C10H12O.C4H9NO/c1-3-10(11)9-6-4-8(2)5-7-9;1-3-6-4-2-5-1/h4-7H,3H2,1-2H3;5H,1-4H2. The molecule has 1 heterocycles. The first kappa shape index (κ1) is 13.9. The summed E-state index contributed by atoms with van der Waals surface area (Å²) in [6.45, 7) is 7.72. The number of Topliss-reactive ketones (excluding diaryl/α,β-unsaturated/α-hetero) is 1.